The van der Waals surface area contributed by atoms with Crippen LogP contribution in [0.1, 0.15) is 21.5 Å². The van der Waals surface area contributed by atoms with Crippen molar-refractivity contribution in [2.75, 3.05) is 12.8 Å². The summed E-state index contributed by atoms with van der Waals surface area (Å²) < 4.78 is 5.96. The number of hydrogen-bond donors (Lipinski definition) is 1. The van der Waals surface area contributed by atoms with Gasteiger partial charge in [-0.15, -0.1) is 0 Å². The maximum absolute atomic E-state index is 12.6. The molecule has 2 aromatic rings. The van der Waals surface area contributed by atoms with Crippen molar-refractivity contribution in [1.29, 1.82) is 0 Å². The third kappa shape index (κ3) is 2.79. The van der Waals surface area contributed by atoms with Crippen molar-refractivity contribution in [3.8, 4) is 5.75 Å². The first kappa shape index (κ1) is 13.6. The molecule has 0 aliphatic rings. The Morgan fingerprint density at radius 1 is 1.16 bits per heavy atom. The maximum Gasteiger partial charge on any atom is 0.197 e. The minimum absolute atomic E-state index is 0.111. The van der Waals surface area contributed by atoms with Crippen molar-refractivity contribution < 1.29 is 9.53 Å². The fraction of sp³-hybridized carbons (Fsp3) is 0.133. The molecular weight excluding hydrogens is 306 g/mol. The normalized spacial score (nSPS) is 10.3. The number of carbonyl (C=O) groups is 1. The number of rotatable bonds is 3. The first-order valence-electron chi connectivity index (χ1n) is 5.77. The van der Waals surface area contributed by atoms with E-state index < -0.39 is 0 Å². The Morgan fingerprint density at radius 3 is 2.58 bits per heavy atom. The lowest BCUT2D eigenvalue weighted by Gasteiger charge is -2.10. The highest BCUT2D eigenvalue weighted by molar-refractivity contribution is 9.10. The van der Waals surface area contributed by atoms with Gasteiger partial charge in [0.15, 0.2) is 5.78 Å². The van der Waals surface area contributed by atoms with Crippen LogP contribution >= 0.6 is 15.9 Å². The van der Waals surface area contributed by atoms with Gasteiger partial charge in [0.2, 0.25) is 0 Å². The van der Waals surface area contributed by atoms with Gasteiger partial charge in [-0.3, -0.25) is 4.79 Å². The molecule has 0 unspecified atom stereocenters. The molecule has 19 heavy (non-hydrogen) atoms. The number of halogens is 1. The van der Waals surface area contributed by atoms with Gasteiger partial charge in [-0.25, -0.2) is 0 Å². The average Bonchev–Trinajstić information content (AvgIpc) is 2.40. The van der Waals surface area contributed by atoms with Crippen LogP contribution in [0, 0.1) is 6.92 Å². The third-order valence-corrected chi connectivity index (χ3v) is 3.53. The molecule has 98 valence electrons. The van der Waals surface area contributed by atoms with E-state index in [2.05, 4.69) is 15.9 Å². The summed E-state index contributed by atoms with van der Waals surface area (Å²) in [4.78, 5) is 12.6. The second-order valence-electron chi connectivity index (χ2n) is 4.27. The van der Waals surface area contributed by atoms with Crippen LogP contribution in [-0.2, 0) is 0 Å². The van der Waals surface area contributed by atoms with E-state index in [0.29, 0.717) is 22.6 Å². The first-order chi connectivity index (χ1) is 9.02. The average molecular weight is 320 g/mol. The lowest BCUT2D eigenvalue weighted by Crippen LogP contribution is -2.06. The van der Waals surface area contributed by atoms with E-state index in [1.165, 1.54) is 0 Å². The van der Waals surface area contributed by atoms with Crippen LogP contribution in [0.5, 0.6) is 5.75 Å². The van der Waals surface area contributed by atoms with Gasteiger partial charge >= 0.3 is 0 Å². The topological polar surface area (TPSA) is 52.3 Å². The molecule has 2 N–H and O–H groups in total. The molecule has 0 radical (unpaired) electrons. The van der Waals surface area contributed by atoms with Crippen LogP contribution < -0.4 is 10.5 Å². The van der Waals surface area contributed by atoms with E-state index in [4.69, 9.17) is 10.5 Å². The highest BCUT2D eigenvalue weighted by Gasteiger charge is 2.17. The molecule has 0 spiro atoms. The lowest BCUT2D eigenvalue weighted by atomic mass is 10.0. The third-order valence-electron chi connectivity index (χ3n) is 2.83. The number of ether oxygens (including phenoxy) is 1. The fourth-order valence-electron chi connectivity index (χ4n) is 1.86. The van der Waals surface area contributed by atoms with Crippen LogP contribution in [0.15, 0.2) is 40.9 Å². The van der Waals surface area contributed by atoms with Crippen LogP contribution in [-0.4, -0.2) is 12.9 Å². The zero-order valence-electron chi connectivity index (χ0n) is 10.7. The number of nitrogens with two attached hydrogens (primary N) is 1. The molecule has 0 heterocycles. The maximum atomic E-state index is 12.6. The molecule has 0 aromatic heterocycles. The summed E-state index contributed by atoms with van der Waals surface area (Å²) in [6.45, 7) is 1.94. The number of benzene rings is 2. The Morgan fingerprint density at radius 2 is 1.89 bits per heavy atom. The Kier molecular flexibility index (Phi) is 3.90. The molecule has 0 saturated carbocycles. The predicted molar refractivity (Wildman–Crippen MR) is 79.7 cm³/mol. The Hall–Kier alpha value is -1.81. The molecule has 0 aliphatic heterocycles. The van der Waals surface area contributed by atoms with Gasteiger partial charge < -0.3 is 10.5 Å². The summed E-state index contributed by atoms with van der Waals surface area (Å²) in [6, 6.07) is 10.7. The number of aryl methyl sites for hydroxylation is 1. The van der Waals surface area contributed by atoms with Crippen LogP contribution in [0.4, 0.5) is 5.69 Å². The van der Waals surface area contributed by atoms with E-state index >= 15 is 0 Å². The quantitative estimate of drug-likeness (QED) is 0.695. The number of nitrogen functional groups attached to an aromatic ring is 1. The van der Waals surface area contributed by atoms with E-state index in [-0.39, 0.29) is 5.78 Å². The minimum atomic E-state index is -0.111. The molecule has 4 heteroatoms. The van der Waals surface area contributed by atoms with Gasteiger partial charge in [0.1, 0.15) is 5.75 Å². The summed E-state index contributed by atoms with van der Waals surface area (Å²) >= 11 is 3.38. The smallest absolute Gasteiger partial charge is 0.197 e. The summed E-state index contributed by atoms with van der Waals surface area (Å²) in [5, 5.41) is 0. The highest BCUT2D eigenvalue weighted by atomic mass is 79.9. The minimum Gasteiger partial charge on any atom is -0.496 e. The van der Waals surface area contributed by atoms with E-state index in [0.717, 1.165) is 10.0 Å². The highest BCUT2D eigenvalue weighted by Crippen LogP contribution is 2.27. The van der Waals surface area contributed by atoms with Gasteiger partial charge in [0.25, 0.3) is 0 Å². The molecule has 3 nitrogen and oxygen atoms in total. The summed E-state index contributed by atoms with van der Waals surface area (Å²) in [5.41, 5.74) is 8.36. The molecule has 0 bridgehead atoms. The van der Waals surface area contributed by atoms with Crippen LogP contribution in [0.25, 0.3) is 0 Å². The van der Waals surface area contributed by atoms with Gasteiger partial charge in [0.05, 0.1) is 12.7 Å². The Bertz CT molecular complexity index is 638. The Labute approximate surface area is 120 Å². The monoisotopic (exact) mass is 319 g/mol. The number of anilines is 1. The van der Waals surface area contributed by atoms with Crippen molar-refractivity contribution in [3.63, 3.8) is 0 Å². The fourth-order valence-corrected chi connectivity index (χ4v) is 2.29. The van der Waals surface area contributed by atoms with E-state index in [1.807, 2.05) is 19.1 Å². The van der Waals surface area contributed by atoms with Crippen molar-refractivity contribution in [3.05, 3.63) is 57.6 Å². The van der Waals surface area contributed by atoms with Gasteiger partial charge in [-0.2, -0.15) is 0 Å². The molecule has 0 amide bonds. The predicted octanol–water partition coefficient (Wildman–Crippen LogP) is 3.58. The SMILES string of the molecule is COc1ccc(C)cc1C(=O)c1cc(N)ccc1Br. The number of hydrogen-bond acceptors (Lipinski definition) is 3. The molecular formula is C15H14BrNO2. The lowest BCUT2D eigenvalue weighted by molar-refractivity contribution is 0.103. The van der Waals surface area contributed by atoms with Crippen molar-refractivity contribution in [1.82, 2.24) is 0 Å². The van der Waals surface area contributed by atoms with Crippen molar-refractivity contribution in [2.24, 2.45) is 0 Å². The van der Waals surface area contributed by atoms with E-state index in [9.17, 15) is 4.79 Å². The molecule has 0 fully saturated rings. The molecule has 0 saturated heterocycles. The molecule has 2 rings (SSSR count). The summed E-state index contributed by atoms with van der Waals surface area (Å²) in [6.07, 6.45) is 0. The number of methoxy groups -OCH3 is 1. The zero-order valence-corrected chi connectivity index (χ0v) is 12.3. The molecule has 2 aromatic carbocycles. The number of ketones is 1. The van der Waals surface area contributed by atoms with Gasteiger partial charge in [0, 0.05) is 15.7 Å². The Balaban J connectivity index is 2.55. The zero-order chi connectivity index (χ0) is 14.0. The summed E-state index contributed by atoms with van der Waals surface area (Å²) in [5.74, 6) is 0.449. The molecule has 0 aliphatic carbocycles. The second-order valence-corrected chi connectivity index (χ2v) is 5.13. The van der Waals surface area contributed by atoms with E-state index in [1.54, 1.807) is 31.4 Å². The number of carbonyl (C=O) groups excluding carboxylic acids is 1. The van der Waals surface area contributed by atoms with Gasteiger partial charge in [-0.1, -0.05) is 27.6 Å². The standard InChI is InChI=1S/C15H14BrNO2/c1-9-3-6-14(19-2)12(7-9)15(18)11-8-10(17)4-5-13(11)16/h3-8H,17H2,1-2H3. The van der Waals surface area contributed by atoms with Crippen molar-refractivity contribution >= 4 is 27.4 Å². The van der Waals surface area contributed by atoms with Gasteiger partial charge in [-0.05, 0) is 37.3 Å². The van der Waals surface area contributed by atoms with Crippen molar-refractivity contribution in [2.45, 2.75) is 6.92 Å². The second kappa shape index (κ2) is 5.45. The largest absolute Gasteiger partial charge is 0.496 e. The van der Waals surface area contributed by atoms with Crippen LogP contribution in [0.3, 0.4) is 0 Å². The molecule has 0 atom stereocenters. The summed E-state index contributed by atoms with van der Waals surface area (Å²) in [7, 11) is 1.55. The van der Waals surface area contributed by atoms with Crippen LogP contribution in [0.2, 0.25) is 0 Å². The first-order valence-corrected chi connectivity index (χ1v) is 6.56.